The van der Waals surface area contributed by atoms with E-state index >= 15 is 0 Å². The van der Waals surface area contributed by atoms with Gasteiger partial charge in [-0.2, -0.15) is 0 Å². The minimum Gasteiger partial charge on any atom is -0.326 e. The first-order chi connectivity index (χ1) is 18.3. The van der Waals surface area contributed by atoms with E-state index in [0.717, 1.165) is 58.5 Å². The third kappa shape index (κ3) is 5.34. The largest absolute Gasteiger partial charge is 0.326 e. The van der Waals surface area contributed by atoms with Gasteiger partial charge in [0.15, 0.2) is 11.6 Å². The van der Waals surface area contributed by atoms with Crippen LogP contribution in [-0.4, -0.2) is 27.0 Å². The van der Waals surface area contributed by atoms with E-state index in [4.69, 9.17) is 4.98 Å². The molecule has 0 aliphatic heterocycles. The fourth-order valence-electron chi connectivity index (χ4n) is 5.66. The lowest BCUT2D eigenvalue weighted by molar-refractivity contribution is -0.114. The number of aryl methyl sites for hydroxylation is 1. The van der Waals surface area contributed by atoms with Crippen LogP contribution in [0.3, 0.4) is 0 Å². The van der Waals surface area contributed by atoms with Crippen molar-refractivity contribution >= 4 is 45.5 Å². The molecule has 0 saturated heterocycles. The van der Waals surface area contributed by atoms with Crippen LogP contribution in [0.15, 0.2) is 53.9 Å². The van der Waals surface area contributed by atoms with Crippen LogP contribution in [0.2, 0.25) is 0 Å². The zero-order valence-corrected chi connectivity index (χ0v) is 22.9. The van der Waals surface area contributed by atoms with Crippen LogP contribution in [0.5, 0.6) is 0 Å². The number of rotatable bonds is 8. The fraction of sp³-hybridized carbons (Fsp3) is 0.355. The average Bonchev–Trinajstić information content (AvgIpc) is 3.51. The highest BCUT2D eigenvalue weighted by Gasteiger charge is 2.29. The maximum absolute atomic E-state index is 13.0. The second kappa shape index (κ2) is 11.0. The van der Waals surface area contributed by atoms with Gasteiger partial charge in [0.25, 0.3) is 0 Å². The number of Topliss-reactive ketones (excluding diaryl/α,β-unsaturated/α-hetero) is 2. The van der Waals surface area contributed by atoms with Gasteiger partial charge >= 0.3 is 0 Å². The molecule has 0 unspecified atom stereocenters. The number of amides is 1. The number of carbonyl (C=O) groups is 3. The third-order valence-electron chi connectivity index (χ3n) is 7.46. The van der Waals surface area contributed by atoms with Gasteiger partial charge in [0.05, 0.1) is 16.7 Å². The monoisotopic (exact) mass is 527 g/mol. The van der Waals surface area contributed by atoms with Crippen LogP contribution in [-0.2, 0) is 4.79 Å². The molecular weight excluding hydrogens is 494 g/mol. The molecule has 2 aromatic carbocycles. The Hall–Kier alpha value is -3.58. The summed E-state index contributed by atoms with van der Waals surface area (Å²) in [5, 5.41) is 4.92. The predicted octanol–water partition coefficient (Wildman–Crippen LogP) is 7.63. The number of aromatic nitrogens is 2. The highest BCUT2D eigenvalue weighted by Crippen LogP contribution is 2.41. The van der Waals surface area contributed by atoms with Crippen LogP contribution in [0.1, 0.15) is 84.0 Å². The highest BCUT2D eigenvalue weighted by molar-refractivity contribution is 7.10. The molecule has 196 valence electrons. The van der Waals surface area contributed by atoms with E-state index in [9.17, 15) is 14.4 Å². The number of fused-ring (bicyclic) bond motifs is 1. The number of hydrogen-bond acceptors (Lipinski definition) is 5. The van der Waals surface area contributed by atoms with Gasteiger partial charge in [0.2, 0.25) is 5.91 Å². The zero-order chi connectivity index (χ0) is 26.8. The van der Waals surface area contributed by atoms with Crippen molar-refractivity contribution < 1.29 is 14.4 Å². The topological polar surface area (TPSA) is 81.1 Å². The summed E-state index contributed by atoms with van der Waals surface area (Å²) in [6.07, 6.45) is 4.91. The van der Waals surface area contributed by atoms with Gasteiger partial charge in [-0.1, -0.05) is 25.5 Å². The number of hydrogen-bond donors (Lipinski definition) is 1. The van der Waals surface area contributed by atoms with Gasteiger partial charge in [-0.25, -0.2) is 4.98 Å². The molecule has 1 saturated carbocycles. The molecule has 38 heavy (non-hydrogen) atoms. The van der Waals surface area contributed by atoms with E-state index in [2.05, 4.69) is 9.88 Å². The molecule has 4 aromatic rings. The van der Waals surface area contributed by atoms with Crippen LogP contribution >= 0.6 is 11.3 Å². The first-order valence-electron chi connectivity index (χ1n) is 13.3. The van der Waals surface area contributed by atoms with Crippen molar-refractivity contribution in [1.82, 2.24) is 9.55 Å². The maximum Gasteiger partial charge on any atom is 0.221 e. The summed E-state index contributed by atoms with van der Waals surface area (Å²) < 4.78 is 2.28. The lowest BCUT2D eigenvalue weighted by Crippen LogP contribution is -2.22. The SMILES string of the molecule is CCC(=O)c1ccc2c(c1)nc(-c1ccccc1NC(C)=O)n2[C@H]1CCC[C@@H](CC(=O)c2csc(C)c2)C1. The number of nitrogens with one attached hydrogen (secondary N) is 1. The Morgan fingerprint density at radius 2 is 1.87 bits per heavy atom. The maximum atomic E-state index is 13.0. The van der Waals surface area contributed by atoms with Crippen LogP contribution < -0.4 is 5.32 Å². The van der Waals surface area contributed by atoms with Gasteiger partial charge in [-0.15, -0.1) is 11.3 Å². The molecule has 5 rings (SSSR count). The molecule has 1 aliphatic carbocycles. The van der Waals surface area contributed by atoms with Gasteiger partial charge in [-0.3, -0.25) is 14.4 Å². The molecule has 2 aromatic heterocycles. The molecule has 1 N–H and O–H groups in total. The molecule has 1 amide bonds. The van der Waals surface area contributed by atoms with Gasteiger partial charge in [-0.05, 0) is 68.5 Å². The highest BCUT2D eigenvalue weighted by atomic mass is 32.1. The van der Waals surface area contributed by atoms with E-state index in [1.807, 2.05) is 67.8 Å². The number of para-hydroxylation sites is 1. The number of imidazole rings is 1. The third-order valence-corrected chi connectivity index (χ3v) is 8.32. The van der Waals surface area contributed by atoms with Crippen molar-refractivity contribution in [3.63, 3.8) is 0 Å². The Balaban J connectivity index is 1.55. The molecule has 7 heteroatoms. The van der Waals surface area contributed by atoms with Crippen LogP contribution in [0.25, 0.3) is 22.4 Å². The summed E-state index contributed by atoms with van der Waals surface area (Å²) in [6, 6.07) is 15.6. The van der Waals surface area contributed by atoms with Crippen molar-refractivity contribution in [2.45, 2.75) is 65.3 Å². The standard InChI is InChI=1S/C31H33N3O3S/c1-4-29(36)22-12-13-28-27(17-22)33-31(25-10-5-6-11-26(25)32-20(3)35)34(28)24-9-7-8-21(15-24)16-30(37)23-14-19(2)38-18-23/h5-6,10-14,17-18,21,24H,4,7-9,15-16H2,1-3H3,(H,32,35)/t21-,24+/m1/s1. The Kier molecular flexibility index (Phi) is 7.56. The lowest BCUT2D eigenvalue weighted by atomic mass is 9.82. The molecule has 6 nitrogen and oxygen atoms in total. The molecule has 1 aliphatic rings. The van der Waals surface area contributed by atoms with Crippen LogP contribution in [0.4, 0.5) is 5.69 Å². The Labute approximate surface area is 227 Å². The van der Waals surface area contributed by atoms with Gasteiger partial charge in [0.1, 0.15) is 5.82 Å². The smallest absolute Gasteiger partial charge is 0.221 e. The molecule has 0 radical (unpaired) electrons. The number of carbonyl (C=O) groups excluding carboxylic acids is 3. The molecule has 0 bridgehead atoms. The normalized spacial score (nSPS) is 17.4. The van der Waals surface area contributed by atoms with Crippen molar-refractivity contribution in [2.24, 2.45) is 5.92 Å². The molecular formula is C31H33N3O3S. The second-order valence-electron chi connectivity index (χ2n) is 10.3. The van der Waals surface area contributed by atoms with Gasteiger partial charge in [0, 0.05) is 52.8 Å². The number of benzene rings is 2. The van der Waals surface area contributed by atoms with E-state index in [1.165, 1.54) is 6.92 Å². The van der Waals surface area contributed by atoms with E-state index in [0.29, 0.717) is 30.0 Å². The number of thiophene rings is 1. The van der Waals surface area contributed by atoms with Crippen molar-refractivity contribution in [1.29, 1.82) is 0 Å². The van der Waals surface area contributed by atoms with Crippen LogP contribution in [0, 0.1) is 12.8 Å². The number of ketones is 2. The van der Waals surface area contributed by atoms with Crippen molar-refractivity contribution in [3.05, 3.63) is 69.9 Å². The minimum atomic E-state index is -0.143. The van der Waals surface area contributed by atoms with Crippen molar-refractivity contribution in [2.75, 3.05) is 5.32 Å². The Morgan fingerprint density at radius 3 is 2.61 bits per heavy atom. The Bertz CT molecular complexity index is 1520. The quantitative estimate of drug-likeness (QED) is 0.239. The van der Waals surface area contributed by atoms with Gasteiger partial charge < -0.3 is 9.88 Å². The number of anilines is 1. The molecule has 0 spiro atoms. The summed E-state index contributed by atoms with van der Waals surface area (Å²) in [7, 11) is 0. The van der Waals surface area contributed by atoms with E-state index in [1.54, 1.807) is 11.3 Å². The van der Waals surface area contributed by atoms with E-state index in [-0.39, 0.29) is 23.5 Å². The zero-order valence-electron chi connectivity index (χ0n) is 22.1. The molecule has 2 atom stereocenters. The van der Waals surface area contributed by atoms with Crippen molar-refractivity contribution in [3.8, 4) is 11.4 Å². The molecule has 1 fully saturated rings. The fourth-order valence-corrected chi connectivity index (χ4v) is 6.37. The number of nitrogens with zero attached hydrogens (tertiary/aromatic N) is 2. The summed E-state index contributed by atoms with van der Waals surface area (Å²) in [4.78, 5) is 43.6. The van der Waals surface area contributed by atoms with E-state index < -0.39 is 0 Å². The average molecular weight is 528 g/mol. The summed E-state index contributed by atoms with van der Waals surface area (Å²) >= 11 is 1.62. The lowest BCUT2D eigenvalue weighted by Gasteiger charge is -2.31. The second-order valence-corrected chi connectivity index (χ2v) is 11.4. The summed E-state index contributed by atoms with van der Waals surface area (Å²) in [5.74, 6) is 1.22. The summed E-state index contributed by atoms with van der Waals surface area (Å²) in [5.41, 5.74) is 4.76. The first kappa shape index (κ1) is 26.0. The molecule has 2 heterocycles. The predicted molar refractivity (Wildman–Crippen MR) is 153 cm³/mol. The Morgan fingerprint density at radius 1 is 1.05 bits per heavy atom. The minimum absolute atomic E-state index is 0.0848. The summed E-state index contributed by atoms with van der Waals surface area (Å²) in [6.45, 7) is 5.39. The first-order valence-corrected chi connectivity index (χ1v) is 14.2.